The Morgan fingerprint density at radius 1 is 1.35 bits per heavy atom. The van der Waals surface area contributed by atoms with Crippen LogP contribution in [0.25, 0.3) is 0 Å². The van der Waals surface area contributed by atoms with Crippen molar-refractivity contribution in [3.8, 4) is 0 Å². The van der Waals surface area contributed by atoms with Crippen molar-refractivity contribution in [2.45, 2.75) is 51.1 Å². The van der Waals surface area contributed by atoms with E-state index in [-0.39, 0.29) is 18.7 Å². The van der Waals surface area contributed by atoms with E-state index in [1.54, 1.807) is 0 Å². The van der Waals surface area contributed by atoms with E-state index >= 15 is 0 Å². The quantitative estimate of drug-likeness (QED) is 0.756. The first-order chi connectivity index (χ1) is 8.04. The van der Waals surface area contributed by atoms with Gasteiger partial charge in [-0.15, -0.1) is 0 Å². The first kappa shape index (κ1) is 13.3. The molecule has 17 heavy (non-hydrogen) atoms. The van der Waals surface area contributed by atoms with E-state index in [1.165, 1.54) is 4.31 Å². The minimum Gasteiger partial charge on any atom is -0.395 e. The van der Waals surface area contributed by atoms with Crippen molar-refractivity contribution in [3.05, 3.63) is 0 Å². The molecule has 2 atom stereocenters. The second-order valence-electron chi connectivity index (χ2n) is 5.19. The lowest BCUT2D eigenvalue weighted by Gasteiger charge is -2.34. The van der Waals surface area contributed by atoms with Crippen molar-refractivity contribution in [2.24, 2.45) is 5.92 Å². The van der Waals surface area contributed by atoms with E-state index in [0.717, 1.165) is 32.1 Å². The van der Waals surface area contributed by atoms with Gasteiger partial charge in [-0.05, 0) is 38.5 Å². The molecule has 0 aromatic carbocycles. The van der Waals surface area contributed by atoms with Crippen molar-refractivity contribution in [3.63, 3.8) is 0 Å². The monoisotopic (exact) mass is 262 g/mol. The highest BCUT2D eigenvalue weighted by molar-refractivity contribution is 7.87. The summed E-state index contributed by atoms with van der Waals surface area (Å²) >= 11 is 0. The molecule has 0 bridgehead atoms. The highest BCUT2D eigenvalue weighted by Crippen LogP contribution is 2.33. The topological polar surface area (TPSA) is 69.6 Å². The van der Waals surface area contributed by atoms with Crippen LogP contribution in [0.3, 0.4) is 0 Å². The van der Waals surface area contributed by atoms with Crippen molar-refractivity contribution in [2.75, 3.05) is 13.2 Å². The predicted molar refractivity (Wildman–Crippen MR) is 65.7 cm³/mol. The highest BCUT2D eigenvalue weighted by atomic mass is 32.2. The lowest BCUT2D eigenvalue weighted by atomic mass is 10.1. The molecule has 0 aromatic rings. The van der Waals surface area contributed by atoms with Gasteiger partial charge in [0.1, 0.15) is 0 Å². The highest BCUT2D eigenvalue weighted by Gasteiger charge is 2.36. The molecule has 2 unspecified atom stereocenters. The van der Waals surface area contributed by atoms with Crippen LogP contribution in [0.1, 0.15) is 39.0 Å². The molecule has 0 radical (unpaired) electrons. The standard InChI is InChI=1S/C11H22N2O3S/c1-9(10-5-6-10)12-17(15,16)13-7-3-2-4-11(13)8-14/h9-12,14H,2-8H2,1H3. The molecule has 2 fully saturated rings. The number of hydrogen-bond acceptors (Lipinski definition) is 3. The molecule has 0 spiro atoms. The predicted octanol–water partition coefficient (Wildman–Crippen LogP) is 0.466. The summed E-state index contributed by atoms with van der Waals surface area (Å²) in [6, 6.07) is -0.228. The average molecular weight is 262 g/mol. The van der Waals surface area contributed by atoms with Crippen LogP contribution >= 0.6 is 0 Å². The Morgan fingerprint density at radius 3 is 2.65 bits per heavy atom. The Kier molecular flexibility index (Phi) is 4.07. The SMILES string of the molecule is CC(NS(=O)(=O)N1CCCCC1CO)C1CC1. The van der Waals surface area contributed by atoms with Crippen LogP contribution in [0.5, 0.6) is 0 Å². The summed E-state index contributed by atoms with van der Waals surface area (Å²) in [4.78, 5) is 0. The summed E-state index contributed by atoms with van der Waals surface area (Å²) in [5.74, 6) is 0.502. The van der Waals surface area contributed by atoms with Crippen LogP contribution in [0.4, 0.5) is 0 Å². The molecule has 6 heteroatoms. The summed E-state index contributed by atoms with van der Waals surface area (Å²) in [6.45, 7) is 2.36. The number of nitrogens with zero attached hydrogens (tertiary/aromatic N) is 1. The fourth-order valence-corrected chi connectivity index (χ4v) is 4.20. The van der Waals surface area contributed by atoms with Gasteiger partial charge in [0.15, 0.2) is 0 Å². The van der Waals surface area contributed by atoms with Crippen LogP contribution in [-0.2, 0) is 10.2 Å². The summed E-state index contributed by atoms with van der Waals surface area (Å²) in [5, 5.41) is 9.25. The Balaban J connectivity index is 2.01. The van der Waals surface area contributed by atoms with E-state index in [2.05, 4.69) is 4.72 Å². The first-order valence-corrected chi connectivity index (χ1v) is 7.88. The number of nitrogens with one attached hydrogen (secondary N) is 1. The minimum atomic E-state index is -3.43. The zero-order valence-corrected chi connectivity index (χ0v) is 11.1. The van der Waals surface area contributed by atoms with Crippen molar-refractivity contribution in [1.29, 1.82) is 0 Å². The molecule has 1 saturated heterocycles. The lowest BCUT2D eigenvalue weighted by molar-refractivity contribution is 0.153. The van der Waals surface area contributed by atoms with Crippen LogP contribution in [0.2, 0.25) is 0 Å². The first-order valence-electron chi connectivity index (χ1n) is 6.44. The molecule has 2 rings (SSSR count). The van der Waals surface area contributed by atoms with Crippen molar-refractivity contribution >= 4 is 10.2 Å². The minimum absolute atomic E-state index is 0.0151. The summed E-state index contributed by atoms with van der Waals surface area (Å²) < 4.78 is 28.6. The number of piperidine rings is 1. The third-order valence-electron chi connectivity index (χ3n) is 3.76. The normalized spacial score (nSPS) is 29.2. The molecule has 2 N–H and O–H groups in total. The fraction of sp³-hybridized carbons (Fsp3) is 1.00. The summed E-state index contributed by atoms with van der Waals surface area (Å²) in [5.41, 5.74) is 0. The smallest absolute Gasteiger partial charge is 0.280 e. The zero-order chi connectivity index (χ0) is 12.5. The summed E-state index contributed by atoms with van der Waals surface area (Å²) in [6.07, 6.45) is 4.88. The number of aliphatic hydroxyl groups is 1. The molecule has 5 nitrogen and oxygen atoms in total. The van der Waals surface area contributed by atoms with E-state index < -0.39 is 10.2 Å². The largest absolute Gasteiger partial charge is 0.395 e. The molecular formula is C11H22N2O3S. The van der Waals surface area contributed by atoms with E-state index in [1.807, 2.05) is 6.92 Å². The third-order valence-corrected chi connectivity index (χ3v) is 5.52. The molecule has 0 amide bonds. The zero-order valence-electron chi connectivity index (χ0n) is 10.3. The van der Waals surface area contributed by atoms with Crippen LogP contribution in [0.15, 0.2) is 0 Å². The maximum Gasteiger partial charge on any atom is 0.280 e. The van der Waals surface area contributed by atoms with Crippen LogP contribution in [0, 0.1) is 5.92 Å². The Hall–Kier alpha value is -0.170. The number of hydrogen-bond donors (Lipinski definition) is 2. The van der Waals surface area contributed by atoms with Gasteiger partial charge in [-0.3, -0.25) is 0 Å². The van der Waals surface area contributed by atoms with Gasteiger partial charge in [0, 0.05) is 18.6 Å². The molecular weight excluding hydrogens is 240 g/mol. The Morgan fingerprint density at radius 2 is 2.06 bits per heavy atom. The molecule has 100 valence electrons. The van der Waals surface area contributed by atoms with E-state index in [9.17, 15) is 13.5 Å². The second kappa shape index (κ2) is 5.22. The summed E-state index contributed by atoms with van der Waals surface area (Å²) in [7, 11) is -3.43. The number of aliphatic hydroxyl groups excluding tert-OH is 1. The maximum atomic E-state index is 12.2. The molecule has 1 aliphatic carbocycles. The van der Waals surface area contributed by atoms with E-state index in [4.69, 9.17) is 0 Å². The lowest BCUT2D eigenvalue weighted by Crippen LogP contribution is -2.52. The van der Waals surface area contributed by atoms with Crippen LogP contribution in [-0.4, -0.2) is 43.1 Å². The van der Waals surface area contributed by atoms with Crippen molar-refractivity contribution < 1.29 is 13.5 Å². The van der Waals surface area contributed by atoms with Gasteiger partial charge in [-0.25, -0.2) is 0 Å². The van der Waals surface area contributed by atoms with Gasteiger partial charge in [0.25, 0.3) is 10.2 Å². The molecule has 2 aliphatic rings. The van der Waals surface area contributed by atoms with Gasteiger partial charge in [-0.1, -0.05) is 6.42 Å². The molecule has 1 saturated carbocycles. The maximum absolute atomic E-state index is 12.2. The Bertz CT molecular complexity index is 354. The second-order valence-corrected chi connectivity index (χ2v) is 6.85. The van der Waals surface area contributed by atoms with Gasteiger partial charge < -0.3 is 5.11 Å². The van der Waals surface area contributed by atoms with Crippen molar-refractivity contribution in [1.82, 2.24) is 9.03 Å². The third kappa shape index (κ3) is 3.19. The van der Waals surface area contributed by atoms with Gasteiger partial charge in [-0.2, -0.15) is 17.4 Å². The van der Waals surface area contributed by atoms with Gasteiger partial charge in [0.2, 0.25) is 0 Å². The molecule has 0 aromatic heterocycles. The Labute approximate surface area is 103 Å². The fourth-order valence-electron chi connectivity index (χ4n) is 2.47. The van der Waals surface area contributed by atoms with Gasteiger partial charge >= 0.3 is 0 Å². The average Bonchev–Trinajstić information content (AvgIpc) is 3.12. The van der Waals surface area contributed by atoms with Crippen LogP contribution < -0.4 is 4.72 Å². The van der Waals surface area contributed by atoms with Gasteiger partial charge in [0.05, 0.1) is 6.61 Å². The molecule has 1 aliphatic heterocycles. The molecule has 1 heterocycles. The number of rotatable bonds is 5. The van der Waals surface area contributed by atoms with E-state index in [0.29, 0.717) is 12.5 Å².